The van der Waals surface area contributed by atoms with Gasteiger partial charge in [-0.3, -0.25) is 0 Å². The molecule has 194 valence electrons. The van der Waals surface area contributed by atoms with E-state index in [1.165, 1.54) is 77.9 Å². The molecule has 0 aliphatic carbocycles. The fourth-order valence-corrected chi connectivity index (χ4v) is 5.80. The van der Waals surface area contributed by atoms with E-state index in [-0.39, 0.29) is 0 Å². The van der Waals surface area contributed by atoms with E-state index in [1.807, 2.05) is 0 Å². The van der Waals surface area contributed by atoms with Gasteiger partial charge in [-0.05, 0) is 114 Å². The number of aryl methyl sites for hydroxylation is 4. The average Bonchev–Trinajstić information content (AvgIpc) is 2.96. The second-order valence-electron chi connectivity index (χ2n) is 11.1. The van der Waals surface area contributed by atoms with E-state index in [2.05, 4.69) is 161 Å². The van der Waals surface area contributed by atoms with Gasteiger partial charge in [-0.2, -0.15) is 0 Å². The van der Waals surface area contributed by atoms with Gasteiger partial charge < -0.3 is 0 Å². The summed E-state index contributed by atoms with van der Waals surface area (Å²) in [6, 6.07) is 49.1. The third kappa shape index (κ3) is 5.53. The van der Waals surface area contributed by atoms with Crippen molar-refractivity contribution in [3.8, 4) is 55.6 Å². The molecule has 0 radical (unpaired) electrons. The number of hydrogen-bond donors (Lipinski definition) is 0. The van der Waals surface area contributed by atoms with Gasteiger partial charge in [0.25, 0.3) is 0 Å². The Bertz CT molecular complexity index is 1670. The highest BCUT2D eigenvalue weighted by molar-refractivity contribution is 5.84. The Morgan fingerprint density at radius 1 is 0.225 bits per heavy atom. The molecule has 0 spiro atoms. The van der Waals surface area contributed by atoms with Crippen molar-refractivity contribution >= 4 is 0 Å². The van der Waals surface area contributed by atoms with Crippen molar-refractivity contribution < 1.29 is 0 Å². The summed E-state index contributed by atoms with van der Waals surface area (Å²) in [6.07, 6.45) is 0. The smallest absolute Gasteiger partial charge is 0.0171 e. The second-order valence-corrected chi connectivity index (χ2v) is 11.1. The SMILES string of the molecule is Cc1cc(C)cc(-c2cccc(-c3cc(-c4ccccc4)cc(-c4cccc(-c5cc(C)cc(C)c5)c4)c3)c2)c1. The second kappa shape index (κ2) is 10.8. The van der Waals surface area contributed by atoms with Crippen LogP contribution in [0, 0.1) is 27.7 Å². The van der Waals surface area contributed by atoms with Crippen LogP contribution in [0.1, 0.15) is 22.3 Å². The minimum Gasteiger partial charge on any atom is -0.0622 e. The van der Waals surface area contributed by atoms with Crippen molar-refractivity contribution in [1.29, 1.82) is 0 Å². The molecule has 0 saturated heterocycles. The van der Waals surface area contributed by atoms with Gasteiger partial charge in [0.1, 0.15) is 0 Å². The molecule has 6 aromatic carbocycles. The first-order valence-electron chi connectivity index (χ1n) is 14.0. The maximum Gasteiger partial charge on any atom is -0.0171 e. The Hall–Kier alpha value is -4.68. The predicted molar refractivity (Wildman–Crippen MR) is 173 cm³/mol. The molecule has 0 aliphatic heterocycles. The van der Waals surface area contributed by atoms with E-state index in [9.17, 15) is 0 Å². The van der Waals surface area contributed by atoms with Crippen molar-refractivity contribution in [1.82, 2.24) is 0 Å². The van der Waals surface area contributed by atoms with Crippen LogP contribution < -0.4 is 0 Å². The average molecular weight is 515 g/mol. The first-order valence-corrected chi connectivity index (χ1v) is 14.0. The lowest BCUT2D eigenvalue weighted by Crippen LogP contribution is -1.88. The van der Waals surface area contributed by atoms with Crippen LogP contribution in [0.5, 0.6) is 0 Å². The molecule has 0 fully saturated rings. The summed E-state index contributed by atoms with van der Waals surface area (Å²) in [5.41, 5.74) is 17.5. The van der Waals surface area contributed by atoms with Crippen LogP contribution in [-0.4, -0.2) is 0 Å². The maximum absolute atomic E-state index is 2.34. The number of hydrogen-bond acceptors (Lipinski definition) is 0. The van der Waals surface area contributed by atoms with Crippen LogP contribution in [0.3, 0.4) is 0 Å². The first-order chi connectivity index (χ1) is 19.4. The van der Waals surface area contributed by atoms with Gasteiger partial charge in [0.15, 0.2) is 0 Å². The standard InChI is InChI=1S/C40H34/c1-27-16-28(2)19-36(18-27)32-12-8-14-34(22-32)39-24-38(31-10-6-5-7-11-31)25-40(26-39)35-15-9-13-33(23-35)37-20-29(3)17-30(4)21-37/h5-26H,1-4H3. The fourth-order valence-electron chi connectivity index (χ4n) is 5.80. The molecular weight excluding hydrogens is 480 g/mol. The summed E-state index contributed by atoms with van der Waals surface area (Å²) < 4.78 is 0. The van der Waals surface area contributed by atoms with E-state index in [4.69, 9.17) is 0 Å². The minimum absolute atomic E-state index is 1.22. The molecule has 0 heteroatoms. The zero-order valence-corrected chi connectivity index (χ0v) is 23.7. The fraction of sp³-hybridized carbons (Fsp3) is 0.100. The van der Waals surface area contributed by atoms with Crippen molar-refractivity contribution in [2.45, 2.75) is 27.7 Å². The Kier molecular flexibility index (Phi) is 6.93. The van der Waals surface area contributed by atoms with Gasteiger partial charge in [-0.1, -0.05) is 125 Å². The number of benzene rings is 6. The molecule has 0 atom stereocenters. The topological polar surface area (TPSA) is 0 Å². The molecule has 6 aromatic rings. The highest BCUT2D eigenvalue weighted by atomic mass is 14.1. The molecule has 0 amide bonds. The maximum atomic E-state index is 2.34. The van der Waals surface area contributed by atoms with E-state index >= 15 is 0 Å². The molecule has 0 aromatic heterocycles. The summed E-state index contributed by atoms with van der Waals surface area (Å²) in [7, 11) is 0. The van der Waals surface area contributed by atoms with Crippen LogP contribution in [0.15, 0.2) is 133 Å². The third-order valence-corrected chi connectivity index (χ3v) is 7.54. The lowest BCUT2D eigenvalue weighted by Gasteiger charge is -2.14. The Morgan fingerprint density at radius 3 is 0.875 bits per heavy atom. The van der Waals surface area contributed by atoms with Crippen LogP contribution in [-0.2, 0) is 0 Å². The summed E-state index contributed by atoms with van der Waals surface area (Å²) in [6.45, 7) is 8.68. The van der Waals surface area contributed by atoms with Crippen molar-refractivity contribution in [2.75, 3.05) is 0 Å². The Labute approximate surface area is 238 Å². The van der Waals surface area contributed by atoms with Crippen molar-refractivity contribution in [2.24, 2.45) is 0 Å². The van der Waals surface area contributed by atoms with E-state index in [1.54, 1.807) is 0 Å². The minimum atomic E-state index is 1.22. The highest BCUT2D eigenvalue weighted by Crippen LogP contribution is 2.36. The zero-order chi connectivity index (χ0) is 27.6. The molecule has 0 N–H and O–H groups in total. The largest absolute Gasteiger partial charge is 0.0622 e. The van der Waals surface area contributed by atoms with Gasteiger partial charge in [-0.15, -0.1) is 0 Å². The van der Waals surface area contributed by atoms with Crippen LogP contribution in [0.2, 0.25) is 0 Å². The molecule has 0 saturated carbocycles. The van der Waals surface area contributed by atoms with Gasteiger partial charge in [0, 0.05) is 0 Å². The molecule has 0 bridgehead atoms. The lowest BCUT2D eigenvalue weighted by atomic mass is 9.91. The van der Waals surface area contributed by atoms with Crippen molar-refractivity contribution in [3.63, 3.8) is 0 Å². The zero-order valence-electron chi connectivity index (χ0n) is 23.7. The highest BCUT2D eigenvalue weighted by Gasteiger charge is 2.10. The van der Waals surface area contributed by atoms with Crippen LogP contribution in [0.4, 0.5) is 0 Å². The normalized spacial score (nSPS) is 11.0. The Morgan fingerprint density at radius 2 is 0.500 bits per heavy atom. The quantitative estimate of drug-likeness (QED) is 0.215. The summed E-state index contributed by atoms with van der Waals surface area (Å²) in [5.74, 6) is 0. The molecule has 40 heavy (non-hydrogen) atoms. The molecular formula is C40H34. The van der Waals surface area contributed by atoms with E-state index in [0.29, 0.717) is 0 Å². The van der Waals surface area contributed by atoms with Gasteiger partial charge in [0.2, 0.25) is 0 Å². The molecule has 6 rings (SSSR count). The van der Waals surface area contributed by atoms with E-state index < -0.39 is 0 Å². The summed E-state index contributed by atoms with van der Waals surface area (Å²) in [5, 5.41) is 0. The molecule has 0 nitrogen and oxygen atoms in total. The van der Waals surface area contributed by atoms with Crippen LogP contribution in [0.25, 0.3) is 55.6 Å². The van der Waals surface area contributed by atoms with Crippen molar-refractivity contribution in [3.05, 3.63) is 156 Å². The predicted octanol–water partition coefficient (Wildman–Crippen LogP) is 11.3. The summed E-state index contributed by atoms with van der Waals surface area (Å²) >= 11 is 0. The monoisotopic (exact) mass is 514 g/mol. The van der Waals surface area contributed by atoms with Gasteiger partial charge >= 0.3 is 0 Å². The van der Waals surface area contributed by atoms with Crippen LogP contribution >= 0.6 is 0 Å². The molecule has 0 aliphatic rings. The third-order valence-electron chi connectivity index (χ3n) is 7.54. The van der Waals surface area contributed by atoms with Gasteiger partial charge in [-0.25, -0.2) is 0 Å². The summed E-state index contributed by atoms with van der Waals surface area (Å²) in [4.78, 5) is 0. The Balaban J connectivity index is 1.49. The van der Waals surface area contributed by atoms with Gasteiger partial charge in [0.05, 0.1) is 0 Å². The number of rotatable bonds is 5. The lowest BCUT2D eigenvalue weighted by molar-refractivity contribution is 1.38. The molecule has 0 unspecified atom stereocenters. The first kappa shape index (κ1) is 25.6. The molecule has 0 heterocycles. The van der Waals surface area contributed by atoms with E-state index in [0.717, 1.165) is 0 Å².